The Morgan fingerprint density at radius 3 is 2.17 bits per heavy atom. The molecule has 0 aromatic rings. The average molecular weight is 315 g/mol. The third-order valence-corrected chi connectivity index (χ3v) is 3.07. The lowest BCUT2D eigenvalue weighted by molar-refractivity contribution is -0.918. The fraction of sp³-hybridized carbons (Fsp3) is 0.615. The molecule has 1 fully saturated rings. The van der Waals surface area contributed by atoms with Crippen LogP contribution in [-0.2, 0) is 4.74 Å². The molecule has 0 atom stereocenters. The molecule has 0 N–H and O–H groups in total. The zero-order chi connectivity index (χ0) is 12.7. The van der Waals surface area contributed by atoms with Crippen LogP contribution in [0, 0.1) is 24.7 Å². The van der Waals surface area contributed by atoms with Gasteiger partial charge in [-0.2, -0.15) is 0 Å². The first-order chi connectivity index (χ1) is 8.17. The van der Waals surface area contributed by atoms with Crippen molar-refractivity contribution in [1.29, 1.82) is 0 Å². The van der Waals surface area contributed by atoms with Gasteiger partial charge in [0.1, 0.15) is 13.1 Å². The first kappa shape index (κ1) is 16.8. The number of terminal acetylenes is 2. The molecule has 18 heavy (non-hydrogen) atoms. The van der Waals surface area contributed by atoms with Gasteiger partial charge in [-0.3, -0.25) is 4.90 Å². The lowest BCUT2D eigenvalue weighted by atomic mass is 10.2. The van der Waals surface area contributed by atoms with Crippen LogP contribution >= 0.6 is 0 Å². The highest BCUT2D eigenvalue weighted by Gasteiger charge is 2.33. The Morgan fingerprint density at radius 1 is 1.28 bits per heavy atom. The van der Waals surface area contributed by atoms with Crippen molar-refractivity contribution >= 4 is 6.09 Å². The molecular weight excluding hydrogens is 296 g/mol. The topological polar surface area (TPSA) is 29.5 Å². The highest BCUT2D eigenvalue weighted by atomic mass is 79.9. The molecule has 0 spiro atoms. The van der Waals surface area contributed by atoms with Gasteiger partial charge in [0.15, 0.2) is 0 Å². The van der Waals surface area contributed by atoms with Gasteiger partial charge in [-0.25, -0.2) is 4.79 Å². The zero-order valence-electron chi connectivity index (χ0n) is 10.7. The Hall–Kier alpha value is -1.17. The quantitative estimate of drug-likeness (QED) is 0.427. The molecule has 0 aliphatic carbocycles. The van der Waals surface area contributed by atoms with Crippen LogP contribution in [0.15, 0.2) is 0 Å². The summed E-state index contributed by atoms with van der Waals surface area (Å²) in [5.41, 5.74) is 0. The van der Waals surface area contributed by atoms with Crippen molar-refractivity contribution in [3.8, 4) is 24.7 Å². The minimum Gasteiger partial charge on any atom is -1.00 e. The van der Waals surface area contributed by atoms with E-state index in [1.807, 2.05) is 0 Å². The van der Waals surface area contributed by atoms with Crippen molar-refractivity contribution in [2.45, 2.75) is 6.92 Å². The summed E-state index contributed by atoms with van der Waals surface area (Å²) in [4.78, 5) is 13.3. The Balaban J connectivity index is 0.00000289. The second-order valence-corrected chi connectivity index (χ2v) is 4.20. The van der Waals surface area contributed by atoms with Gasteiger partial charge >= 0.3 is 6.09 Å². The van der Waals surface area contributed by atoms with Gasteiger partial charge in [-0.1, -0.05) is 0 Å². The van der Waals surface area contributed by atoms with Crippen molar-refractivity contribution in [1.82, 2.24) is 4.90 Å². The standard InChI is InChI=1S/C13H19N2O2.BrH/c1-4-9-15(10-5-2)11-7-14(8-12-15)13(16)17-6-3;/h1-2H,6-12H2,3H3;1H/q+1;/p-1. The molecule has 1 saturated heterocycles. The van der Waals surface area contributed by atoms with Gasteiger partial charge in [-0.15, -0.1) is 12.8 Å². The number of ether oxygens (including phenoxy) is 1. The third-order valence-electron chi connectivity index (χ3n) is 3.07. The van der Waals surface area contributed by atoms with Crippen LogP contribution in [0.25, 0.3) is 0 Å². The van der Waals surface area contributed by atoms with Crippen molar-refractivity contribution in [3.63, 3.8) is 0 Å². The van der Waals surface area contributed by atoms with Crippen LogP contribution in [0.1, 0.15) is 6.92 Å². The van der Waals surface area contributed by atoms with Gasteiger partial charge < -0.3 is 26.2 Å². The highest BCUT2D eigenvalue weighted by molar-refractivity contribution is 5.67. The summed E-state index contributed by atoms with van der Waals surface area (Å²) in [6.07, 6.45) is 10.5. The lowest BCUT2D eigenvalue weighted by Gasteiger charge is -2.42. The number of rotatable bonds is 3. The molecule has 0 radical (unpaired) electrons. The molecule has 0 aromatic heterocycles. The van der Waals surface area contributed by atoms with Crippen molar-refractivity contribution in [3.05, 3.63) is 0 Å². The predicted molar refractivity (Wildman–Crippen MR) is 66.0 cm³/mol. The van der Waals surface area contributed by atoms with Crippen LogP contribution in [0.5, 0.6) is 0 Å². The van der Waals surface area contributed by atoms with Crippen molar-refractivity contribution in [2.75, 3.05) is 45.9 Å². The number of piperazine rings is 1. The van der Waals surface area contributed by atoms with E-state index in [1.54, 1.807) is 11.8 Å². The fourth-order valence-corrected chi connectivity index (χ4v) is 2.05. The number of hydrogen-bond donors (Lipinski definition) is 0. The molecule has 0 unspecified atom stereocenters. The van der Waals surface area contributed by atoms with E-state index >= 15 is 0 Å². The van der Waals surface area contributed by atoms with E-state index in [2.05, 4.69) is 11.8 Å². The summed E-state index contributed by atoms with van der Waals surface area (Å²) in [5, 5.41) is 0. The largest absolute Gasteiger partial charge is 1.00 e. The summed E-state index contributed by atoms with van der Waals surface area (Å²) in [6, 6.07) is 0. The second kappa shape index (κ2) is 8.02. The van der Waals surface area contributed by atoms with Crippen LogP contribution in [-0.4, -0.2) is 61.4 Å². The average Bonchev–Trinajstić information content (AvgIpc) is 2.31. The van der Waals surface area contributed by atoms with E-state index in [4.69, 9.17) is 17.6 Å². The summed E-state index contributed by atoms with van der Waals surface area (Å²) >= 11 is 0. The predicted octanol–water partition coefficient (Wildman–Crippen LogP) is -2.45. The number of halogens is 1. The smallest absolute Gasteiger partial charge is 0.410 e. The normalized spacial score (nSPS) is 16.9. The molecule has 0 bridgehead atoms. The number of carbonyl (C=O) groups excluding carboxylic acids is 1. The summed E-state index contributed by atoms with van der Waals surface area (Å²) in [5.74, 6) is 5.35. The lowest BCUT2D eigenvalue weighted by Crippen LogP contribution is -3.00. The maximum absolute atomic E-state index is 11.5. The van der Waals surface area contributed by atoms with E-state index < -0.39 is 0 Å². The van der Waals surface area contributed by atoms with Crippen molar-refractivity contribution in [2.24, 2.45) is 0 Å². The molecule has 1 aliphatic rings. The zero-order valence-corrected chi connectivity index (χ0v) is 12.3. The molecule has 5 heteroatoms. The number of carbonyl (C=O) groups is 1. The Kier molecular flexibility index (Phi) is 7.50. The third kappa shape index (κ3) is 4.25. The van der Waals surface area contributed by atoms with Crippen molar-refractivity contribution < 1.29 is 31.0 Å². The maximum Gasteiger partial charge on any atom is 0.410 e. The van der Waals surface area contributed by atoms with Crippen LogP contribution in [0.2, 0.25) is 0 Å². The molecule has 1 aliphatic heterocycles. The second-order valence-electron chi connectivity index (χ2n) is 4.20. The molecule has 100 valence electrons. The first-order valence-corrected chi connectivity index (χ1v) is 5.81. The monoisotopic (exact) mass is 314 g/mol. The number of nitrogens with zero attached hydrogens (tertiary/aromatic N) is 2. The minimum absolute atomic E-state index is 0. The van der Waals surface area contributed by atoms with E-state index in [0.717, 1.165) is 13.1 Å². The molecule has 4 nitrogen and oxygen atoms in total. The number of quaternary nitrogens is 1. The highest BCUT2D eigenvalue weighted by Crippen LogP contribution is 2.13. The Morgan fingerprint density at radius 2 is 1.78 bits per heavy atom. The first-order valence-electron chi connectivity index (χ1n) is 5.81. The van der Waals surface area contributed by atoms with Gasteiger partial charge in [0.05, 0.1) is 32.8 Å². The molecule has 0 aromatic carbocycles. The fourth-order valence-electron chi connectivity index (χ4n) is 2.05. The van der Waals surface area contributed by atoms with Crippen LogP contribution < -0.4 is 17.0 Å². The van der Waals surface area contributed by atoms with Gasteiger partial charge in [0.25, 0.3) is 0 Å². The number of hydrogen-bond acceptors (Lipinski definition) is 2. The minimum atomic E-state index is -0.244. The Labute approximate surface area is 120 Å². The molecule has 0 saturated carbocycles. The van der Waals surface area contributed by atoms with Crippen LogP contribution in [0.3, 0.4) is 0 Å². The molecule has 1 rings (SSSR count). The number of amides is 1. The van der Waals surface area contributed by atoms with Gasteiger partial charge in [-0.05, 0) is 18.8 Å². The Bertz CT molecular complexity index is 331. The van der Waals surface area contributed by atoms with Gasteiger partial charge in [0.2, 0.25) is 0 Å². The van der Waals surface area contributed by atoms with Crippen LogP contribution in [0.4, 0.5) is 4.79 Å². The molecular formula is C13H19BrN2O2. The van der Waals surface area contributed by atoms with E-state index in [-0.39, 0.29) is 23.1 Å². The van der Waals surface area contributed by atoms with E-state index in [9.17, 15) is 4.79 Å². The van der Waals surface area contributed by atoms with E-state index in [1.165, 1.54) is 0 Å². The van der Waals surface area contributed by atoms with Gasteiger partial charge in [0, 0.05) is 0 Å². The SMILES string of the molecule is C#CC[N+]1(CC#C)CCN(C(=O)OCC)CC1.[Br-]. The summed E-state index contributed by atoms with van der Waals surface area (Å²) in [7, 11) is 0. The molecule has 1 heterocycles. The van der Waals surface area contributed by atoms with E-state index in [0.29, 0.717) is 37.3 Å². The molecule has 1 amide bonds. The summed E-state index contributed by atoms with van der Waals surface area (Å²) in [6.45, 7) is 6.37. The maximum atomic E-state index is 11.5. The summed E-state index contributed by atoms with van der Waals surface area (Å²) < 4.78 is 5.68.